The van der Waals surface area contributed by atoms with Crippen LogP contribution < -0.4 is 0 Å². The number of rotatable bonds is 4. The molecule has 0 fully saturated rings. The molecule has 0 aliphatic carbocycles. The van der Waals surface area contributed by atoms with Gasteiger partial charge in [0.15, 0.2) is 5.82 Å². The van der Waals surface area contributed by atoms with Crippen LogP contribution in [0.2, 0.25) is 0 Å². The molecular weight excluding hydrogens is 221 g/mol. The molecule has 0 aliphatic rings. The number of hydrogen-bond acceptors (Lipinski definition) is 3. The Kier molecular flexibility index (Phi) is 3.49. The second kappa shape index (κ2) is 5.05. The van der Waals surface area contributed by atoms with Crippen molar-refractivity contribution in [1.82, 2.24) is 14.8 Å². The summed E-state index contributed by atoms with van der Waals surface area (Å²) in [7, 11) is 0. The average molecular weight is 235 g/mol. The quantitative estimate of drug-likeness (QED) is 0.877. The fourth-order valence-corrected chi connectivity index (χ4v) is 1.81. The third kappa shape index (κ3) is 2.68. The molecule has 1 atom stereocenters. The number of hydrogen-bond donors (Lipinski definition) is 1. The molecule has 90 valence electrons. The van der Waals surface area contributed by atoms with Crippen molar-refractivity contribution in [2.75, 3.05) is 0 Å². The zero-order chi connectivity index (χ0) is 12.3. The number of nitrogens with zero attached hydrogens (tertiary/aromatic N) is 3. The van der Waals surface area contributed by atoms with E-state index in [0.29, 0.717) is 5.82 Å². The van der Waals surface area contributed by atoms with Gasteiger partial charge in [0.25, 0.3) is 0 Å². The van der Waals surface area contributed by atoms with Crippen LogP contribution in [0, 0.1) is 5.82 Å². The van der Waals surface area contributed by atoms with Crippen LogP contribution in [0.5, 0.6) is 0 Å². The molecule has 0 amide bonds. The van der Waals surface area contributed by atoms with Crippen molar-refractivity contribution in [2.45, 2.75) is 26.0 Å². The van der Waals surface area contributed by atoms with E-state index in [-0.39, 0.29) is 18.5 Å². The summed E-state index contributed by atoms with van der Waals surface area (Å²) in [6, 6.07) is 6.53. The Labute approximate surface area is 98.7 Å². The molecular formula is C12H14FN3O. The van der Waals surface area contributed by atoms with E-state index in [1.165, 1.54) is 12.1 Å². The first-order chi connectivity index (χ1) is 8.20. The van der Waals surface area contributed by atoms with Crippen molar-refractivity contribution in [2.24, 2.45) is 0 Å². The molecule has 17 heavy (non-hydrogen) atoms. The van der Waals surface area contributed by atoms with Crippen LogP contribution in [0.4, 0.5) is 4.39 Å². The molecule has 2 aromatic rings. The number of halogens is 1. The molecule has 1 aromatic carbocycles. The minimum absolute atomic E-state index is 0.123. The summed E-state index contributed by atoms with van der Waals surface area (Å²) in [6.07, 6.45) is 2.34. The van der Waals surface area contributed by atoms with E-state index < -0.39 is 0 Å². The first-order valence-electron chi connectivity index (χ1n) is 5.44. The van der Waals surface area contributed by atoms with Crippen LogP contribution >= 0.6 is 0 Å². The number of aliphatic hydroxyl groups excluding tert-OH is 1. The summed E-state index contributed by atoms with van der Waals surface area (Å²) in [5.41, 5.74) is 1.04. The Morgan fingerprint density at radius 3 is 2.71 bits per heavy atom. The van der Waals surface area contributed by atoms with Gasteiger partial charge >= 0.3 is 0 Å². The Morgan fingerprint density at radius 1 is 1.35 bits per heavy atom. The Morgan fingerprint density at radius 2 is 2.06 bits per heavy atom. The van der Waals surface area contributed by atoms with E-state index in [2.05, 4.69) is 10.2 Å². The second-order valence-electron chi connectivity index (χ2n) is 3.99. The van der Waals surface area contributed by atoms with Crippen molar-refractivity contribution < 1.29 is 9.50 Å². The third-order valence-electron chi connectivity index (χ3n) is 2.71. The Hall–Kier alpha value is -1.75. The maximum absolute atomic E-state index is 12.8. The van der Waals surface area contributed by atoms with Gasteiger partial charge in [-0.25, -0.2) is 4.39 Å². The molecule has 0 radical (unpaired) electrons. The van der Waals surface area contributed by atoms with Gasteiger partial charge in [-0.2, -0.15) is 0 Å². The predicted octanol–water partition coefficient (Wildman–Crippen LogP) is 1.71. The molecule has 0 saturated carbocycles. The minimum Gasteiger partial charge on any atom is -0.388 e. The largest absolute Gasteiger partial charge is 0.388 e. The minimum atomic E-state index is -0.234. The van der Waals surface area contributed by atoms with Gasteiger partial charge in [-0.05, 0) is 31.0 Å². The summed E-state index contributed by atoms with van der Waals surface area (Å²) in [6.45, 7) is 1.87. The topological polar surface area (TPSA) is 50.9 Å². The van der Waals surface area contributed by atoms with E-state index in [1.54, 1.807) is 18.5 Å². The zero-order valence-electron chi connectivity index (χ0n) is 9.55. The van der Waals surface area contributed by atoms with Gasteiger partial charge in [0, 0.05) is 6.04 Å². The zero-order valence-corrected chi connectivity index (χ0v) is 9.55. The molecule has 0 bridgehead atoms. The summed E-state index contributed by atoms with van der Waals surface area (Å²) < 4.78 is 14.6. The smallest absolute Gasteiger partial charge is 0.158 e. The highest BCUT2D eigenvalue weighted by atomic mass is 19.1. The van der Waals surface area contributed by atoms with Crippen molar-refractivity contribution in [3.63, 3.8) is 0 Å². The number of aliphatic hydroxyl groups is 1. The van der Waals surface area contributed by atoms with Crippen molar-refractivity contribution in [1.29, 1.82) is 0 Å². The van der Waals surface area contributed by atoms with Gasteiger partial charge in [0.05, 0.1) is 0 Å². The van der Waals surface area contributed by atoms with Crippen LogP contribution in [-0.2, 0) is 13.0 Å². The highest BCUT2D eigenvalue weighted by molar-refractivity contribution is 5.17. The van der Waals surface area contributed by atoms with Gasteiger partial charge in [0.1, 0.15) is 18.8 Å². The molecule has 1 aromatic heterocycles. The average Bonchev–Trinajstić information content (AvgIpc) is 2.80. The molecule has 4 nitrogen and oxygen atoms in total. The summed E-state index contributed by atoms with van der Waals surface area (Å²) >= 11 is 0. The van der Waals surface area contributed by atoms with Crippen molar-refractivity contribution in [3.05, 3.63) is 47.8 Å². The summed E-state index contributed by atoms with van der Waals surface area (Å²) in [4.78, 5) is 0. The van der Waals surface area contributed by atoms with Crippen LogP contribution in [0.3, 0.4) is 0 Å². The first kappa shape index (κ1) is 11.7. The predicted molar refractivity (Wildman–Crippen MR) is 60.8 cm³/mol. The highest BCUT2D eigenvalue weighted by Crippen LogP contribution is 2.15. The normalized spacial score (nSPS) is 12.6. The van der Waals surface area contributed by atoms with E-state index in [0.717, 1.165) is 12.0 Å². The van der Waals surface area contributed by atoms with Gasteiger partial charge < -0.3 is 9.67 Å². The van der Waals surface area contributed by atoms with Crippen LogP contribution in [0.1, 0.15) is 24.4 Å². The highest BCUT2D eigenvalue weighted by Gasteiger charge is 2.10. The SMILES string of the molecule is CC(Cc1ccc(F)cc1)n1cnnc1CO. The Balaban J connectivity index is 2.11. The molecule has 1 N–H and O–H groups in total. The Bertz CT molecular complexity index is 481. The lowest BCUT2D eigenvalue weighted by atomic mass is 10.1. The fraction of sp³-hybridized carbons (Fsp3) is 0.333. The van der Waals surface area contributed by atoms with E-state index in [1.807, 2.05) is 11.5 Å². The molecule has 0 spiro atoms. The van der Waals surface area contributed by atoms with Crippen LogP contribution in [-0.4, -0.2) is 19.9 Å². The molecule has 2 rings (SSSR count). The standard InChI is InChI=1S/C12H14FN3O/c1-9(16-8-14-15-12(16)7-17)6-10-2-4-11(13)5-3-10/h2-5,8-9,17H,6-7H2,1H3. The van der Waals surface area contributed by atoms with E-state index in [9.17, 15) is 4.39 Å². The van der Waals surface area contributed by atoms with Gasteiger partial charge in [-0.3, -0.25) is 0 Å². The molecule has 1 unspecified atom stereocenters. The van der Waals surface area contributed by atoms with Crippen molar-refractivity contribution in [3.8, 4) is 0 Å². The summed E-state index contributed by atoms with van der Waals surface area (Å²) in [5.74, 6) is 0.307. The van der Waals surface area contributed by atoms with E-state index >= 15 is 0 Å². The lowest BCUT2D eigenvalue weighted by Crippen LogP contribution is -2.11. The second-order valence-corrected chi connectivity index (χ2v) is 3.99. The molecule has 5 heteroatoms. The fourth-order valence-electron chi connectivity index (χ4n) is 1.81. The third-order valence-corrected chi connectivity index (χ3v) is 2.71. The number of benzene rings is 1. The first-order valence-corrected chi connectivity index (χ1v) is 5.44. The van der Waals surface area contributed by atoms with Crippen LogP contribution in [0.15, 0.2) is 30.6 Å². The van der Waals surface area contributed by atoms with Crippen LogP contribution in [0.25, 0.3) is 0 Å². The van der Waals surface area contributed by atoms with Gasteiger partial charge in [0.2, 0.25) is 0 Å². The monoisotopic (exact) mass is 235 g/mol. The molecule has 1 heterocycles. The lowest BCUT2D eigenvalue weighted by Gasteiger charge is -2.14. The summed E-state index contributed by atoms with van der Waals surface area (Å²) in [5, 5.41) is 16.7. The molecule has 0 saturated heterocycles. The molecule has 0 aliphatic heterocycles. The lowest BCUT2D eigenvalue weighted by molar-refractivity contribution is 0.261. The van der Waals surface area contributed by atoms with Gasteiger partial charge in [-0.1, -0.05) is 12.1 Å². The number of aromatic nitrogens is 3. The maximum Gasteiger partial charge on any atom is 0.158 e. The van der Waals surface area contributed by atoms with E-state index in [4.69, 9.17) is 5.11 Å². The van der Waals surface area contributed by atoms with Gasteiger partial charge in [-0.15, -0.1) is 10.2 Å². The van der Waals surface area contributed by atoms with Crippen molar-refractivity contribution >= 4 is 0 Å². The maximum atomic E-state index is 12.8.